The van der Waals surface area contributed by atoms with E-state index < -0.39 is 24.3 Å². The Morgan fingerprint density at radius 1 is 1.25 bits per heavy atom. The molecule has 0 aromatic heterocycles. The maximum atomic E-state index is 13.1. The number of amidine groups is 1. The largest absolute Gasteiger partial charge is 0.491 e. The molecule has 1 unspecified atom stereocenters. The van der Waals surface area contributed by atoms with Crippen LogP contribution in [-0.4, -0.2) is 66.4 Å². The Morgan fingerprint density at radius 3 is 2.72 bits per heavy atom. The van der Waals surface area contributed by atoms with Gasteiger partial charge in [0.2, 0.25) is 5.91 Å². The first-order valence-electron chi connectivity index (χ1n) is 11.8. The van der Waals surface area contributed by atoms with Crippen molar-refractivity contribution in [3.8, 4) is 5.75 Å². The van der Waals surface area contributed by atoms with E-state index in [1.165, 1.54) is 4.90 Å². The van der Waals surface area contributed by atoms with Crippen LogP contribution in [0.15, 0.2) is 47.5 Å². The average Bonchev–Trinajstić information content (AvgIpc) is 3.22. The fourth-order valence-corrected chi connectivity index (χ4v) is 3.69. The van der Waals surface area contributed by atoms with Gasteiger partial charge in [0, 0.05) is 31.3 Å². The van der Waals surface area contributed by atoms with Crippen molar-refractivity contribution in [2.24, 2.45) is 10.7 Å². The molecule has 1 atom stereocenters. The number of fused-ring (bicyclic) bond motifs is 1. The number of rotatable bonds is 12. The number of aliphatic imine (C=N–C) groups is 1. The molecule has 0 radical (unpaired) electrons. The van der Waals surface area contributed by atoms with Gasteiger partial charge in [-0.1, -0.05) is 12.1 Å². The molecule has 0 fully saturated rings. The second-order valence-electron chi connectivity index (χ2n) is 9.08. The highest BCUT2D eigenvalue weighted by molar-refractivity contribution is 6.03. The third-order valence-electron chi connectivity index (χ3n) is 6.03. The second kappa shape index (κ2) is 12.0. The number of benzene rings is 2. The quantitative estimate of drug-likeness (QED) is 0.349. The highest BCUT2D eigenvalue weighted by atomic mass is 16.5. The number of ether oxygens (including phenoxy) is 2. The van der Waals surface area contributed by atoms with Gasteiger partial charge in [0.25, 0.3) is 5.91 Å². The molecule has 0 bridgehead atoms. The van der Waals surface area contributed by atoms with Gasteiger partial charge in [-0.2, -0.15) is 0 Å². The molecule has 1 heterocycles. The van der Waals surface area contributed by atoms with Gasteiger partial charge >= 0.3 is 0 Å². The predicted octanol–water partition coefficient (Wildman–Crippen LogP) is 1.81. The van der Waals surface area contributed by atoms with Gasteiger partial charge in [-0.3, -0.25) is 14.6 Å². The summed E-state index contributed by atoms with van der Waals surface area (Å²) < 4.78 is 11.3. The summed E-state index contributed by atoms with van der Waals surface area (Å²) in [5, 5.41) is 22.7. The minimum atomic E-state index is -1.59. The van der Waals surface area contributed by atoms with Gasteiger partial charge in [-0.15, -0.1) is 0 Å². The summed E-state index contributed by atoms with van der Waals surface area (Å²) in [4.78, 5) is 31.1. The fourth-order valence-electron chi connectivity index (χ4n) is 3.69. The molecular weight excluding hydrogens is 464 g/mol. The van der Waals surface area contributed by atoms with E-state index in [-0.39, 0.29) is 18.8 Å². The molecule has 0 saturated heterocycles. The number of nitrogens with two attached hydrogens (primary N) is 1. The van der Waals surface area contributed by atoms with Crippen molar-refractivity contribution >= 4 is 29.0 Å². The average molecular weight is 499 g/mol. The summed E-state index contributed by atoms with van der Waals surface area (Å²) >= 11 is 0. The zero-order valence-corrected chi connectivity index (χ0v) is 20.9. The monoisotopic (exact) mass is 498 g/mol. The number of carbonyl (C=O) groups is 2. The molecule has 0 saturated carbocycles. The van der Waals surface area contributed by atoms with Crippen LogP contribution in [0.3, 0.4) is 0 Å². The van der Waals surface area contributed by atoms with E-state index in [1.54, 1.807) is 49.6 Å². The number of nitrogens with one attached hydrogen (secondary N) is 1. The van der Waals surface area contributed by atoms with Crippen LogP contribution in [0, 0.1) is 0 Å². The first-order valence-corrected chi connectivity index (χ1v) is 11.8. The number of amides is 2. The normalized spacial score (nSPS) is 13.5. The van der Waals surface area contributed by atoms with Crippen molar-refractivity contribution in [3.05, 3.63) is 53.6 Å². The summed E-state index contributed by atoms with van der Waals surface area (Å²) in [5.74, 6) is -0.352. The van der Waals surface area contributed by atoms with Gasteiger partial charge in [-0.05, 0) is 49.7 Å². The van der Waals surface area contributed by atoms with E-state index in [2.05, 4.69) is 10.3 Å². The number of aliphatic hydroxyl groups excluding tert-OH is 2. The van der Waals surface area contributed by atoms with E-state index in [0.29, 0.717) is 42.5 Å². The Balaban J connectivity index is 1.65. The van der Waals surface area contributed by atoms with Crippen molar-refractivity contribution in [2.45, 2.75) is 44.9 Å². The smallest absolute Gasteiger partial charge is 0.253 e. The standard InChI is InChI=1S/C26H34N4O6/c1-26(2,35-3)10-13-36-22-7-5-4-6-20(22)30(11-12-31)23(33)15-21(32)25(34)29-18-8-9-19-17(14-18)16-28-24(19)27/h4-9,14,21,31-32H,10-13,15-16H2,1-3H3,(H2,27,28)(H,29,34). The highest BCUT2D eigenvalue weighted by Crippen LogP contribution is 2.29. The Morgan fingerprint density at radius 2 is 2.00 bits per heavy atom. The van der Waals surface area contributed by atoms with Crippen LogP contribution in [-0.2, 0) is 20.9 Å². The van der Waals surface area contributed by atoms with Gasteiger partial charge in [0.15, 0.2) is 0 Å². The molecule has 194 valence electrons. The van der Waals surface area contributed by atoms with Crippen molar-refractivity contribution in [1.82, 2.24) is 0 Å². The molecule has 10 heteroatoms. The molecule has 3 rings (SSSR count). The van der Waals surface area contributed by atoms with Crippen molar-refractivity contribution in [2.75, 3.05) is 37.1 Å². The molecule has 36 heavy (non-hydrogen) atoms. The zero-order valence-electron chi connectivity index (χ0n) is 20.9. The van der Waals surface area contributed by atoms with Crippen LogP contribution < -0.4 is 20.7 Å². The lowest BCUT2D eigenvalue weighted by molar-refractivity contribution is -0.129. The van der Waals surface area contributed by atoms with E-state index >= 15 is 0 Å². The molecule has 2 aromatic rings. The van der Waals surface area contributed by atoms with Crippen LogP contribution in [0.4, 0.5) is 11.4 Å². The lowest BCUT2D eigenvalue weighted by Gasteiger charge is -2.26. The number of methoxy groups -OCH3 is 1. The number of hydrogen-bond acceptors (Lipinski definition) is 8. The fraction of sp³-hybridized carbons (Fsp3) is 0.423. The summed E-state index contributed by atoms with van der Waals surface area (Å²) in [6, 6.07) is 12.1. The SMILES string of the molecule is COC(C)(C)CCOc1ccccc1N(CCO)C(=O)CC(O)C(=O)Nc1ccc2c(c1)CN=C2N. The second-order valence-corrected chi connectivity index (χ2v) is 9.08. The van der Waals surface area contributed by atoms with Crippen LogP contribution in [0.1, 0.15) is 37.8 Å². The van der Waals surface area contributed by atoms with Gasteiger partial charge < -0.3 is 35.6 Å². The lowest BCUT2D eigenvalue weighted by atomic mass is 10.1. The summed E-state index contributed by atoms with van der Waals surface area (Å²) in [6.07, 6.45) is -1.45. The number of anilines is 2. The summed E-state index contributed by atoms with van der Waals surface area (Å²) in [5.41, 5.74) is 8.04. The first-order chi connectivity index (χ1) is 17.1. The van der Waals surface area contributed by atoms with Crippen LogP contribution in [0.2, 0.25) is 0 Å². The number of carbonyl (C=O) groups excluding carboxylic acids is 2. The number of para-hydroxylation sites is 2. The van der Waals surface area contributed by atoms with Crippen LogP contribution in [0.5, 0.6) is 5.75 Å². The maximum Gasteiger partial charge on any atom is 0.253 e. The molecule has 0 spiro atoms. The Kier molecular flexibility index (Phi) is 9.03. The topological polar surface area (TPSA) is 147 Å². The van der Waals surface area contributed by atoms with Crippen molar-refractivity contribution in [3.63, 3.8) is 0 Å². The van der Waals surface area contributed by atoms with Crippen LogP contribution >= 0.6 is 0 Å². The Hall–Kier alpha value is -3.47. The Bertz CT molecular complexity index is 1120. The van der Waals surface area contributed by atoms with E-state index in [9.17, 15) is 19.8 Å². The molecule has 10 nitrogen and oxygen atoms in total. The molecular formula is C26H34N4O6. The number of nitrogens with zero attached hydrogens (tertiary/aromatic N) is 2. The number of aliphatic hydroxyl groups is 2. The summed E-state index contributed by atoms with van der Waals surface area (Å²) in [6.45, 7) is 4.33. The summed E-state index contributed by atoms with van der Waals surface area (Å²) in [7, 11) is 1.63. The minimum absolute atomic E-state index is 0.0245. The minimum Gasteiger partial charge on any atom is -0.491 e. The molecule has 1 aliphatic rings. The van der Waals surface area contributed by atoms with Gasteiger partial charge in [0.1, 0.15) is 17.7 Å². The Labute approximate surface area is 210 Å². The van der Waals surface area contributed by atoms with E-state index in [4.69, 9.17) is 15.2 Å². The number of hydrogen-bond donors (Lipinski definition) is 4. The first kappa shape index (κ1) is 27.1. The lowest BCUT2D eigenvalue weighted by Crippen LogP contribution is -2.39. The molecule has 0 aliphatic carbocycles. The molecule has 1 aliphatic heterocycles. The third-order valence-corrected chi connectivity index (χ3v) is 6.03. The zero-order chi connectivity index (χ0) is 26.3. The molecule has 5 N–H and O–H groups in total. The van der Waals surface area contributed by atoms with Gasteiger partial charge in [-0.25, -0.2) is 0 Å². The van der Waals surface area contributed by atoms with Crippen molar-refractivity contribution in [1.29, 1.82) is 0 Å². The molecule has 2 aromatic carbocycles. The third kappa shape index (κ3) is 6.81. The van der Waals surface area contributed by atoms with Gasteiger partial charge in [0.05, 0.1) is 37.5 Å². The van der Waals surface area contributed by atoms with Crippen LogP contribution in [0.25, 0.3) is 0 Å². The predicted molar refractivity (Wildman–Crippen MR) is 137 cm³/mol. The van der Waals surface area contributed by atoms with E-state index in [0.717, 1.165) is 11.1 Å². The van der Waals surface area contributed by atoms with Crippen molar-refractivity contribution < 1.29 is 29.3 Å². The van der Waals surface area contributed by atoms with E-state index in [1.807, 2.05) is 13.8 Å². The maximum absolute atomic E-state index is 13.1. The highest BCUT2D eigenvalue weighted by Gasteiger charge is 2.26. The molecule has 2 amide bonds.